The van der Waals surface area contributed by atoms with Gasteiger partial charge in [0.05, 0.1) is 6.61 Å². The third-order valence-corrected chi connectivity index (χ3v) is 4.69. The summed E-state index contributed by atoms with van der Waals surface area (Å²) in [5.41, 5.74) is 17.7. The van der Waals surface area contributed by atoms with Crippen LogP contribution in [0.15, 0.2) is 103 Å². The quantitative estimate of drug-likeness (QED) is 0.211. The van der Waals surface area contributed by atoms with Crippen LogP contribution in [0.3, 0.4) is 0 Å². The Kier molecular flexibility index (Phi) is 17.5. The fourth-order valence-corrected chi connectivity index (χ4v) is 3.44. The van der Waals surface area contributed by atoms with Gasteiger partial charge in [-0.05, 0) is 62.2 Å². The van der Waals surface area contributed by atoms with Gasteiger partial charge in [-0.2, -0.15) is 0 Å². The molecule has 0 aliphatic heterocycles. The Hall–Kier alpha value is -4.36. The maximum atomic E-state index is 9.10. The smallest absolute Gasteiger partial charge is 0.414 e. The molecule has 0 heterocycles. The summed E-state index contributed by atoms with van der Waals surface area (Å²) in [6.45, 7) is 15.9. The van der Waals surface area contributed by atoms with Crippen LogP contribution >= 0.6 is 0 Å². The first-order valence-corrected chi connectivity index (χ1v) is 12.4. The normalized spacial score (nSPS) is 9.46. The number of ether oxygens (including phenoxy) is 1. The minimum atomic E-state index is -1.82. The minimum absolute atomic E-state index is 0.377. The Bertz CT molecular complexity index is 1070. The number of carboxylic acids is 2. The molecule has 0 saturated carbocycles. The Balaban J connectivity index is 0.000000856. The van der Waals surface area contributed by atoms with Gasteiger partial charge in [-0.25, -0.2) is 9.59 Å². The third-order valence-electron chi connectivity index (χ3n) is 4.69. The Labute approximate surface area is 232 Å². The van der Waals surface area contributed by atoms with E-state index in [0.717, 1.165) is 13.0 Å². The Morgan fingerprint density at radius 2 is 1.13 bits per heavy atom. The number of aryl methyl sites for hydroxylation is 2. The van der Waals surface area contributed by atoms with E-state index in [0.29, 0.717) is 23.9 Å². The van der Waals surface area contributed by atoms with E-state index in [-0.39, 0.29) is 0 Å². The Morgan fingerprint density at radius 3 is 1.46 bits per heavy atom. The fourth-order valence-electron chi connectivity index (χ4n) is 3.44. The summed E-state index contributed by atoms with van der Waals surface area (Å²) in [6, 6.07) is 28.0. The topological polar surface area (TPSA) is 136 Å². The number of rotatable bonds is 7. The van der Waals surface area contributed by atoms with Crippen molar-refractivity contribution in [3.63, 3.8) is 0 Å². The van der Waals surface area contributed by atoms with E-state index in [9.17, 15) is 0 Å². The van der Waals surface area contributed by atoms with Crippen molar-refractivity contribution in [2.45, 2.75) is 46.6 Å². The molecule has 0 unspecified atom stereocenters. The van der Waals surface area contributed by atoms with E-state index < -0.39 is 11.9 Å². The van der Waals surface area contributed by atoms with E-state index in [4.69, 9.17) is 36.0 Å². The lowest BCUT2D eigenvalue weighted by Crippen LogP contribution is -2.09. The first kappa shape index (κ1) is 34.6. The van der Waals surface area contributed by atoms with Crippen LogP contribution < -0.4 is 11.5 Å². The van der Waals surface area contributed by atoms with Crippen LogP contribution in [0.25, 0.3) is 0 Å². The number of aliphatic carboxylic acids is 2. The van der Waals surface area contributed by atoms with Gasteiger partial charge in [-0.1, -0.05) is 103 Å². The summed E-state index contributed by atoms with van der Waals surface area (Å²) in [5, 5.41) is 14.8. The van der Waals surface area contributed by atoms with Crippen LogP contribution in [0.1, 0.15) is 54.0 Å². The molecule has 0 aliphatic rings. The standard InChI is InChI=1S/C24H26O.2C3H7N.C2H2O4/c1-19-15-20(2)17-21(16-19)18-25-14-13-24(22-9-5-3-6-10-22)23-11-7-4-8-12-23;2*1-3(2)4;3-1(4)2(5)6/h3-12,15-17,24H,13-14,18H2,1-2H3;2*1,4H2,2H3;(H,3,4)(H,5,6). The highest BCUT2D eigenvalue weighted by Gasteiger charge is 2.13. The molecule has 0 bridgehead atoms. The summed E-state index contributed by atoms with van der Waals surface area (Å²) < 4.78 is 6.00. The van der Waals surface area contributed by atoms with E-state index in [1.165, 1.54) is 27.8 Å². The van der Waals surface area contributed by atoms with E-state index in [2.05, 4.69) is 106 Å². The zero-order valence-electron chi connectivity index (χ0n) is 23.4. The van der Waals surface area contributed by atoms with Gasteiger partial charge >= 0.3 is 11.9 Å². The second-order valence-electron chi connectivity index (χ2n) is 9.01. The second-order valence-corrected chi connectivity index (χ2v) is 9.01. The number of carbonyl (C=O) groups is 2. The molecule has 3 rings (SSSR count). The first-order valence-electron chi connectivity index (χ1n) is 12.4. The number of hydrogen-bond donors (Lipinski definition) is 4. The average molecular weight is 535 g/mol. The number of hydrogen-bond acceptors (Lipinski definition) is 5. The SMILES string of the molecule is C=C(C)N.C=C(C)N.Cc1cc(C)cc(COCCC(c2ccccc2)c2ccccc2)c1.O=C(O)C(=O)O. The molecule has 6 N–H and O–H groups in total. The van der Waals surface area contributed by atoms with Crippen molar-refractivity contribution in [2.24, 2.45) is 11.5 Å². The van der Waals surface area contributed by atoms with Gasteiger partial charge in [0.2, 0.25) is 0 Å². The zero-order chi connectivity index (χ0) is 29.8. The summed E-state index contributed by atoms with van der Waals surface area (Å²) in [4.78, 5) is 18.2. The van der Waals surface area contributed by atoms with E-state index in [1.807, 2.05) is 0 Å². The minimum Gasteiger partial charge on any atom is -0.473 e. The molecule has 0 saturated heterocycles. The lowest BCUT2D eigenvalue weighted by Gasteiger charge is -2.18. The predicted molar refractivity (Wildman–Crippen MR) is 158 cm³/mol. The van der Waals surface area contributed by atoms with Crippen molar-refractivity contribution in [3.8, 4) is 0 Å². The molecule has 0 fully saturated rings. The van der Waals surface area contributed by atoms with Crippen molar-refractivity contribution in [1.29, 1.82) is 0 Å². The third kappa shape index (κ3) is 18.5. The maximum absolute atomic E-state index is 9.10. The number of nitrogens with two attached hydrogens (primary N) is 2. The molecule has 0 spiro atoms. The highest BCUT2D eigenvalue weighted by molar-refractivity contribution is 6.27. The van der Waals surface area contributed by atoms with Crippen LogP contribution in [0.2, 0.25) is 0 Å². The van der Waals surface area contributed by atoms with Crippen molar-refractivity contribution in [1.82, 2.24) is 0 Å². The highest BCUT2D eigenvalue weighted by Crippen LogP contribution is 2.27. The molecule has 210 valence electrons. The fraction of sp³-hybridized carbons (Fsp3) is 0.250. The zero-order valence-corrected chi connectivity index (χ0v) is 23.4. The molecule has 7 nitrogen and oxygen atoms in total. The first-order chi connectivity index (χ1) is 18.3. The van der Waals surface area contributed by atoms with Gasteiger partial charge in [-0.15, -0.1) is 0 Å². The van der Waals surface area contributed by atoms with Gasteiger partial charge in [-0.3, -0.25) is 0 Å². The maximum Gasteiger partial charge on any atom is 0.414 e. The molecule has 3 aromatic carbocycles. The van der Waals surface area contributed by atoms with Gasteiger partial charge in [0.25, 0.3) is 0 Å². The Morgan fingerprint density at radius 1 is 0.769 bits per heavy atom. The molecule has 0 radical (unpaired) electrons. The monoisotopic (exact) mass is 534 g/mol. The van der Waals surface area contributed by atoms with E-state index >= 15 is 0 Å². The number of benzene rings is 3. The van der Waals surface area contributed by atoms with Crippen molar-refractivity contribution >= 4 is 11.9 Å². The van der Waals surface area contributed by atoms with Crippen LogP contribution in [-0.4, -0.2) is 28.8 Å². The lowest BCUT2D eigenvalue weighted by molar-refractivity contribution is -0.159. The largest absolute Gasteiger partial charge is 0.473 e. The molecule has 7 heteroatoms. The van der Waals surface area contributed by atoms with Gasteiger partial charge in [0.1, 0.15) is 0 Å². The van der Waals surface area contributed by atoms with Crippen molar-refractivity contribution < 1.29 is 24.5 Å². The van der Waals surface area contributed by atoms with Gasteiger partial charge < -0.3 is 26.4 Å². The highest BCUT2D eigenvalue weighted by atomic mass is 16.5. The average Bonchev–Trinajstić information content (AvgIpc) is 2.84. The molecule has 0 amide bonds. The summed E-state index contributed by atoms with van der Waals surface area (Å²) in [6.07, 6.45) is 0.985. The van der Waals surface area contributed by atoms with Crippen LogP contribution in [0.4, 0.5) is 0 Å². The number of allylic oxidation sites excluding steroid dienone is 2. The molecule has 0 aromatic heterocycles. The van der Waals surface area contributed by atoms with Gasteiger partial charge in [0, 0.05) is 12.5 Å². The van der Waals surface area contributed by atoms with Gasteiger partial charge in [0.15, 0.2) is 0 Å². The molecule has 0 aliphatic carbocycles. The lowest BCUT2D eigenvalue weighted by atomic mass is 9.89. The molecular weight excluding hydrogens is 492 g/mol. The second kappa shape index (κ2) is 19.7. The van der Waals surface area contributed by atoms with Crippen LogP contribution in [0.5, 0.6) is 0 Å². The molecule has 3 aromatic rings. The summed E-state index contributed by atoms with van der Waals surface area (Å²) in [7, 11) is 0. The van der Waals surface area contributed by atoms with Crippen molar-refractivity contribution in [2.75, 3.05) is 6.61 Å². The molecule has 39 heavy (non-hydrogen) atoms. The summed E-state index contributed by atoms with van der Waals surface area (Å²) in [5.74, 6) is -3.27. The van der Waals surface area contributed by atoms with Crippen molar-refractivity contribution in [3.05, 3.63) is 131 Å². The predicted octanol–water partition coefficient (Wildman–Crippen LogP) is 6.16. The van der Waals surface area contributed by atoms with E-state index in [1.54, 1.807) is 13.8 Å². The number of carboxylic acid groups (broad SMARTS) is 2. The van der Waals surface area contributed by atoms with Crippen LogP contribution in [-0.2, 0) is 20.9 Å². The van der Waals surface area contributed by atoms with Crippen LogP contribution in [0, 0.1) is 13.8 Å². The molecule has 0 atom stereocenters. The molecular formula is C32H42N2O5. The summed E-state index contributed by atoms with van der Waals surface area (Å²) >= 11 is 0.